The fourth-order valence-electron chi connectivity index (χ4n) is 5.11. The molecule has 0 saturated carbocycles. The number of aliphatic hydroxyl groups is 1. The number of halogens is 1. The van der Waals surface area contributed by atoms with Crippen molar-refractivity contribution < 1.29 is 14.6 Å². The molecule has 3 aromatic heterocycles. The number of hydrogen-bond donors (Lipinski definition) is 2. The predicted molar refractivity (Wildman–Crippen MR) is 129 cm³/mol. The Balaban J connectivity index is 1.23. The molecule has 6 rings (SSSR count). The lowest BCUT2D eigenvalue weighted by Gasteiger charge is -2.39. The van der Waals surface area contributed by atoms with Gasteiger partial charge in [0.25, 0.3) is 5.91 Å². The summed E-state index contributed by atoms with van der Waals surface area (Å²) in [7, 11) is 0. The lowest BCUT2D eigenvalue weighted by Crippen LogP contribution is -2.49. The Morgan fingerprint density at radius 2 is 1.91 bits per heavy atom. The number of likely N-dealkylation sites (tertiary alicyclic amines) is 1. The van der Waals surface area contributed by atoms with Gasteiger partial charge in [-0.1, -0.05) is 11.6 Å². The van der Waals surface area contributed by atoms with E-state index in [1.54, 1.807) is 23.5 Å². The van der Waals surface area contributed by atoms with Crippen LogP contribution >= 0.6 is 11.6 Å². The molecule has 1 fully saturated rings. The number of piperidine rings is 1. The smallest absolute Gasteiger partial charge is 0.263 e. The minimum atomic E-state index is -0.941. The normalized spacial score (nSPS) is 19.1. The van der Waals surface area contributed by atoms with Crippen molar-refractivity contribution in [2.45, 2.75) is 31.0 Å². The van der Waals surface area contributed by atoms with Crippen LogP contribution in [0.3, 0.4) is 0 Å². The van der Waals surface area contributed by atoms with Gasteiger partial charge >= 0.3 is 0 Å². The highest BCUT2D eigenvalue weighted by Gasteiger charge is 2.40. The number of fused-ring (bicyclic) bond motifs is 2. The fourth-order valence-corrected chi connectivity index (χ4v) is 5.35. The van der Waals surface area contributed by atoms with Gasteiger partial charge in [0, 0.05) is 65.8 Å². The van der Waals surface area contributed by atoms with Gasteiger partial charge in [-0.05, 0) is 60.4 Å². The van der Waals surface area contributed by atoms with E-state index in [0.29, 0.717) is 43.1 Å². The van der Waals surface area contributed by atoms with Gasteiger partial charge in [0.15, 0.2) is 6.10 Å². The Labute approximate surface area is 201 Å². The number of amides is 1. The van der Waals surface area contributed by atoms with Crippen molar-refractivity contribution in [1.29, 1.82) is 0 Å². The molecule has 4 aromatic rings. The molecule has 1 saturated heterocycles. The zero-order valence-corrected chi connectivity index (χ0v) is 19.1. The molecule has 1 amide bonds. The second-order valence-electron chi connectivity index (χ2n) is 8.94. The van der Waals surface area contributed by atoms with Crippen molar-refractivity contribution in [3.63, 3.8) is 0 Å². The van der Waals surface area contributed by atoms with Crippen LogP contribution in [0.4, 0.5) is 0 Å². The Kier molecular flexibility index (Phi) is 5.04. The van der Waals surface area contributed by atoms with E-state index in [2.05, 4.69) is 15.0 Å². The third-order valence-electron chi connectivity index (χ3n) is 6.94. The number of ether oxygens (including phenoxy) is 1. The number of benzene rings is 1. The van der Waals surface area contributed by atoms with Gasteiger partial charge in [0.05, 0.1) is 5.60 Å². The Morgan fingerprint density at radius 3 is 2.71 bits per heavy atom. The van der Waals surface area contributed by atoms with Crippen molar-refractivity contribution >= 4 is 28.5 Å². The third-order valence-corrected chi connectivity index (χ3v) is 7.16. The van der Waals surface area contributed by atoms with Crippen LogP contribution in [0.2, 0.25) is 5.02 Å². The molecule has 1 atom stereocenters. The lowest BCUT2D eigenvalue weighted by molar-refractivity contribution is -0.142. The van der Waals surface area contributed by atoms with Gasteiger partial charge in [-0.25, -0.2) is 4.98 Å². The SMILES string of the molecule is O=C(C1Cc2cc(Cl)cc(-c3ccnc4[nH]ccc34)c2O1)N1CCC(O)(c2ccncc2)CC1. The molecule has 0 aliphatic carbocycles. The summed E-state index contributed by atoms with van der Waals surface area (Å²) in [6, 6.07) is 11.3. The maximum absolute atomic E-state index is 13.4. The molecule has 1 unspecified atom stereocenters. The topological polar surface area (TPSA) is 91.3 Å². The molecule has 172 valence electrons. The number of rotatable bonds is 3. The largest absolute Gasteiger partial charge is 0.479 e. The molecule has 34 heavy (non-hydrogen) atoms. The molecule has 7 nitrogen and oxygen atoms in total. The Hall–Kier alpha value is -3.42. The number of hydrogen-bond acceptors (Lipinski definition) is 5. The molecular weight excluding hydrogens is 452 g/mol. The van der Waals surface area contributed by atoms with E-state index < -0.39 is 11.7 Å². The minimum Gasteiger partial charge on any atom is -0.479 e. The average molecular weight is 475 g/mol. The van der Waals surface area contributed by atoms with Crippen molar-refractivity contribution in [2.75, 3.05) is 13.1 Å². The maximum atomic E-state index is 13.4. The van der Waals surface area contributed by atoms with Gasteiger partial charge in [0.2, 0.25) is 0 Å². The summed E-state index contributed by atoms with van der Waals surface area (Å²) in [6.07, 6.45) is 7.77. The molecule has 2 N–H and O–H groups in total. The lowest BCUT2D eigenvalue weighted by atomic mass is 9.85. The van der Waals surface area contributed by atoms with Crippen LogP contribution in [0.25, 0.3) is 22.2 Å². The highest BCUT2D eigenvalue weighted by Crippen LogP contribution is 2.43. The first kappa shape index (κ1) is 21.1. The first-order valence-electron chi connectivity index (χ1n) is 11.3. The second-order valence-corrected chi connectivity index (χ2v) is 9.38. The van der Waals surface area contributed by atoms with E-state index in [9.17, 15) is 9.90 Å². The molecule has 8 heteroatoms. The van der Waals surface area contributed by atoms with Gasteiger partial charge in [-0.2, -0.15) is 0 Å². The van der Waals surface area contributed by atoms with Crippen LogP contribution in [-0.4, -0.2) is 50.1 Å². The molecular formula is C26H23ClN4O3. The third kappa shape index (κ3) is 3.52. The van der Waals surface area contributed by atoms with Crippen molar-refractivity contribution in [3.05, 3.63) is 77.3 Å². The summed E-state index contributed by atoms with van der Waals surface area (Å²) in [4.78, 5) is 26.7. The summed E-state index contributed by atoms with van der Waals surface area (Å²) < 4.78 is 6.27. The summed E-state index contributed by atoms with van der Waals surface area (Å²) in [5, 5.41) is 12.7. The zero-order valence-electron chi connectivity index (χ0n) is 18.4. The molecule has 2 aliphatic heterocycles. The van der Waals surface area contributed by atoms with Gasteiger partial charge in [-0.3, -0.25) is 9.78 Å². The number of pyridine rings is 2. The summed E-state index contributed by atoms with van der Waals surface area (Å²) >= 11 is 6.46. The highest BCUT2D eigenvalue weighted by molar-refractivity contribution is 6.31. The van der Waals surface area contributed by atoms with Gasteiger partial charge in [-0.15, -0.1) is 0 Å². The van der Waals surface area contributed by atoms with E-state index in [0.717, 1.165) is 33.3 Å². The zero-order chi connectivity index (χ0) is 23.3. The molecule has 2 aliphatic rings. The number of carbonyl (C=O) groups excluding carboxylic acids is 1. The average Bonchev–Trinajstić information content (AvgIpc) is 3.51. The fraction of sp³-hybridized carbons (Fsp3) is 0.269. The van der Waals surface area contributed by atoms with E-state index in [1.165, 1.54) is 0 Å². The number of aromatic amines is 1. The van der Waals surface area contributed by atoms with E-state index in [4.69, 9.17) is 16.3 Å². The van der Waals surface area contributed by atoms with Crippen LogP contribution in [0.5, 0.6) is 5.75 Å². The summed E-state index contributed by atoms with van der Waals surface area (Å²) in [5.41, 5.74) is 3.42. The van der Waals surface area contributed by atoms with Crippen molar-refractivity contribution in [1.82, 2.24) is 19.9 Å². The van der Waals surface area contributed by atoms with Crippen LogP contribution in [0, 0.1) is 0 Å². The molecule has 1 aromatic carbocycles. The van der Waals surface area contributed by atoms with Crippen LogP contribution < -0.4 is 4.74 Å². The van der Waals surface area contributed by atoms with Crippen molar-refractivity contribution in [3.8, 4) is 16.9 Å². The minimum absolute atomic E-state index is 0.0587. The highest BCUT2D eigenvalue weighted by atomic mass is 35.5. The number of aromatic nitrogens is 3. The predicted octanol–water partition coefficient (Wildman–Crippen LogP) is 4.09. The van der Waals surface area contributed by atoms with Gasteiger partial charge < -0.3 is 19.7 Å². The van der Waals surface area contributed by atoms with Crippen LogP contribution in [-0.2, 0) is 16.8 Å². The first-order valence-corrected chi connectivity index (χ1v) is 11.7. The molecule has 0 radical (unpaired) electrons. The summed E-state index contributed by atoms with van der Waals surface area (Å²) in [6.45, 7) is 0.936. The van der Waals surface area contributed by atoms with E-state index >= 15 is 0 Å². The number of carbonyl (C=O) groups is 1. The quantitative estimate of drug-likeness (QED) is 0.466. The second kappa shape index (κ2) is 8.11. The van der Waals surface area contributed by atoms with Crippen LogP contribution in [0.15, 0.2) is 61.2 Å². The van der Waals surface area contributed by atoms with E-state index in [-0.39, 0.29) is 5.91 Å². The first-order chi connectivity index (χ1) is 16.5. The molecule has 0 spiro atoms. The number of nitrogens with zero attached hydrogens (tertiary/aromatic N) is 3. The number of nitrogens with one attached hydrogen (secondary N) is 1. The number of H-pyrrole nitrogens is 1. The molecule has 0 bridgehead atoms. The monoisotopic (exact) mass is 474 g/mol. The van der Waals surface area contributed by atoms with Gasteiger partial charge in [0.1, 0.15) is 11.4 Å². The van der Waals surface area contributed by atoms with Crippen LogP contribution in [0.1, 0.15) is 24.0 Å². The van der Waals surface area contributed by atoms with Crippen molar-refractivity contribution in [2.24, 2.45) is 0 Å². The summed E-state index contributed by atoms with van der Waals surface area (Å²) in [5.74, 6) is 0.637. The maximum Gasteiger partial charge on any atom is 0.263 e. The Bertz CT molecular complexity index is 1380. The van der Waals surface area contributed by atoms with E-state index in [1.807, 2.05) is 42.6 Å². The standard InChI is InChI=1S/C26H23ClN4O3/c27-18-13-16-14-22(25(32)31-11-5-26(33,6-12-31)17-1-7-28-8-2-17)34-23(16)21(15-18)19-3-9-29-24-20(19)4-10-30-24/h1-4,7-10,13,15,22,33H,5-6,11-12,14H2,(H,29,30). The Morgan fingerprint density at radius 1 is 1.12 bits per heavy atom. The molecule has 5 heterocycles.